The molecule has 3 atom stereocenters. The van der Waals surface area contributed by atoms with Crippen LogP contribution in [-0.4, -0.2) is 80.0 Å². The summed E-state index contributed by atoms with van der Waals surface area (Å²) < 4.78 is 40.5. The topological polar surface area (TPSA) is 254 Å². The van der Waals surface area contributed by atoms with Crippen LogP contribution in [-0.2, 0) is 42.1 Å². The van der Waals surface area contributed by atoms with E-state index < -0.39 is 64.2 Å². The number of nitrogens with one attached hydrogen (secondary N) is 5. The summed E-state index contributed by atoms with van der Waals surface area (Å²) in [5, 5.41) is 22.9. The molecule has 0 bridgehead atoms. The lowest BCUT2D eigenvalue weighted by molar-refractivity contribution is -0.129. The number of ether oxygens (including phenoxy) is 3. The quantitative estimate of drug-likeness (QED) is 0.109. The molecule has 6 amide bonds. The number of aliphatic hydroxyl groups is 1. The molecule has 3 aromatic carbocycles. The lowest BCUT2D eigenvalue weighted by Crippen LogP contribution is -2.56. The molecular weight excluding hydrogens is 761 g/mol. The third kappa shape index (κ3) is 13.0. The zero-order valence-electron chi connectivity index (χ0n) is 31.2. The Morgan fingerprint density at radius 1 is 0.842 bits per heavy atom. The number of hydrogen-bond acceptors (Lipinski definition) is 11. The van der Waals surface area contributed by atoms with Crippen molar-refractivity contribution in [3.63, 3.8) is 0 Å². The molecule has 2 aliphatic rings. The molecule has 2 heterocycles. The highest BCUT2D eigenvalue weighted by molar-refractivity contribution is 7.91. The Morgan fingerprint density at radius 3 is 2.18 bits per heavy atom. The van der Waals surface area contributed by atoms with Crippen molar-refractivity contribution < 1.29 is 51.7 Å². The second-order valence-electron chi connectivity index (χ2n) is 13.6. The van der Waals surface area contributed by atoms with E-state index in [0.29, 0.717) is 22.7 Å². The van der Waals surface area contributed by atoms with Gasteiger partial charge < -0.3 is 46.3 Å². The Kier molecular flexibility index (Phi) is 14.5. The van der Waals surface area contributed by atoms with E-state index in [0.717, 1.165) is 16.7 Å². The van der Waals surface area contributed by atoms with Crippen LogP contribution >= 0.6 is 0 Å². The van der Waals surface area contributed by atoms with Crippen LogP contribution in [0.5, 0.6) is 5.75 Å². The third-order valence-corrected chi connectivity index (χ3v) is 11.0. The molecule has 1 unspecified atom stereocenters. The Morgan fingerprint density at radius 2 is 1.49 bits per heavy atom. The number of carbonyl (C=O) groups excluding carboxylic acids is 5. The summed E-state index contributed by atoms with van der Waals surface area (Å²) in [4.78, 5) is 64.1. The number of fused-ring (bicyclic) bond motifs is 1. The third-order valence-electron chi connectivity index (χ3n) is 9.33. The lowest BCUT2D eigenvalue weighted by atomic mass is 9.92. The molecule has 5 rings (SSSR count). The number of anilines is 2. The number of alkyl carbamates (subject to hydrolysis) is 1. The van der Waals surface area contributed by atoms with E-state index in [-0.39, 0.29) is 56.9 Å². The van der Waals surface area contributed by atoms with Gasteiger partial charge in [0.1, 0.15) is 40.9 Å². The predicted octanol–water partition coefficient (Wildman–Crippen LogP) is 3.54. The first-order valence-corrected chi connectivity index (χ1v) is 20.1. The average Bonchev–Trinajstić information content (AvgIpc) is 3.17. The van der Waals surface area contributed by atoms with E-state index in [9.17, 15) is 37.5 Å². The molecule has 8 N–H and O–H groups in total. The van der Waals surface area contributed by atoms with Crippen LogP contribution in [0.2, 0.25) is 0 Å². The van der Waals surface area contributed by atoms with E-state index in [4.69, 9.17) is 19.9 Å². The van der Waals surface area contributed by atoms with Crippen LogP contribution in [0.15, 0.2) is 78.9 Å². The molecule has 2 aliphatic heterocycles. The number of sulfone groups is 1. The highest BCUT2D eigenvalue weighted by Crippen LogP contribution is 2.33. The van der Waals surface area contributed by atoms with Crippen molar-refractivity contribution in [1.29, 1.82) is 0 Å². The van der Waals surface area contributed by atoms with Crippen molar-refractivity contribution in [3.8, 4) is 5.75 Å². The summed E-state index contributed by atoms with van der Waals surface area (Å²) in [5.41, 5.74) is 8.89. The first-order chi connectivity index (χ1) is 27.2. The Balaban J connectivity index is 1.19. The van der Waals surface area contributed by atoms with Crippen LogP contribution < -0.4 is 37.1 Å². The van der Waals surface area contributed by atoms with E-state index >= 15 is 0 Å². The van der Waals surface area contributed by atoms with E-state index in [1.807, 2.05) is 13.0 Å². The van der Waals surface area contributed by atoms with Gasteiger partial charge in [0.25, 0.3) is 0 Å². The molecule has 0 radical (unpaired) electrons. The predicted molar refractivity (Wildman–Crippen MR) is 209 cm³/mol. The molecule has 57 heavy (non-hydrogen) atoms. The molecule has 18 heteroatoms. The minimum Gasteiger partial charge on any atom is -0.461 e. The van der Waals surface area contributed by atoms with E-state index in [2.05, 4.69) is 26.6 Å². The summed E-state index contributed by atoms with van der Waals surface area (Å²) >= 11 is 0. The molecular formula is C39H46N6O11S. The van der Waals surface area contributed by atoms with Crippen LogP contribution in [0, 0.1) is 5.92 Å². The number of amides is 6. The Bertz CT molecular complexity index is 2050. The second kappa shape index (κ2) is 19.6. The molecule has 0 saturated carbocycles. The molecule has 0 aliphatic carbocycles. The second-order valence-corrected chi connectivity index (χ2v) is 15.9. The smallest absolute Gasteiger partial charge is 0.411 e. The van der Waals surface area contributed by atoms with Crippen molar-refractivity contribution in [3.05, 3.63) is 95.6 Å². The van der Waals surface area contributed by atoms with Crippen LogP contribution in [0.25, 0.3) is 5.57 Å². The highest BCUT2D eigenvalue weighted by atomic mass is 32.2. The number of carbonyl (C=O) groups is 5. The van der Waals surface area contributed by atoms with Gasteiger partial charge in [0, 0.05) is 29.5 Å². The summed E-state index contributed by atoms with van der Waals surface area (Å²) in [7, 11) is -3.30. The van der Waals surface area contributed by atoms with Crippen LogP contribution in [0.4, 0.5) is 25.8 Å². The molecule has 17 nitrogen and oxygen atoms in total. The van der Waals surface area contributed by atoms with Gasteiger partial charge in [-0.3, -0.25) is 14.9 Å². The van der Waals surface area contributed by atoms with Crippen LogP contribution in [0.1, 0.15) is 49.3 Å². The van der Waals surface area contributed by atoms with Crippen molar-refractivity contribution in [2.45, 2.75) is 64.2 Å². The van der Waals surface area contributed by atoms with Gasteiger partial charge in [-0.2, -0.15) is 0 Å². The number of aliphatic hydroxyl groups excluding tert-OH is 1. The SMILES string of the molecule is CC1=CC(O)Oc2cc(NC(=O)OCc3ccc(NC(=O)[C@H](CCCNC(N)=O)NC(=O)[C@@H](NC(=O)OCc4ccccc4)C4CCS(=O)(=O)CC4)cc3)ccc21. The van der Waals surface area contributed by atoms with Gasteiger partial charge in [0.2, 0.25) is 18.1 Å². The number of primary amides is 1. The fraction of sp³-hybridized carbons (Fsp3) is 0.359. The summed E-state index contributed by atoms with van der Waals surface area (Å²) in [6, 6.07) is 17.2. The van der Waals surface area contributed by atoms with Gasteiger partial charge in [0.15, 0.2) is 0 Å². The largest absolute Gasteiger partial charge is 0.461 e. The highest BCUT2D eigenvalue weighted by Gasteiger charge is 2.36. The molecule has 1 saturated heterocycles. The molecule has 1 fully saturated rings. The normalized spacial score (nSPS) is 16.9. The van der Waals surface area contributed by atoms with Crippen LogP contribution in [0.3, 0.4) is 0 Å². The maximum absolute atomic E-state index is 13.8. The zero-order chi connectivity index (χ0) is 41.0. The van der Waals surface area contributed by atoms with Gasteiger partial charge in [-0.1, -0.05) is 42.5 Å². The number of benzene rings is 3. The fourth-order valence-corrected chi connectivity index (χ4v) is 7.81. The van der Waals surface area contributed by atoms with Crippen molar-refractivity contribution in [1.82, 2.24) is 16.0 Å². The zero-order valence-corrected chi connectivity index (χ0v) is 32.0. The monoisotopic (exact) mass is 806 g/mol. The first kappa shape index (κ1) is 42.0. The van der Waals surface area contributed by atoms with Crippen molar-refractivity contribution in [2.24, 2.45) is 11.7 Å². The summed E-state index contributed by atoms with van der Waals surface area (Å²) in [6.45, 7) is 1.79. The minimum atomic E-state index is -3.30. The minimum absolute atomic E-state index is 0.0641. The van der Waals surface area contributed by atoms with E-state index in [1.54, 1.807) is 72.8 Å². The molecule has 3 aromatic rings. The summed E-state index contributed by atoms with van der Waals surface area (Å²) in [5.74, 6) is -1.78. The maximum atomic E-state index is 13.8. The number of allylic oxidation sites excluding steroid dienone is 1. The standard InChI is InChI=1S/C39H46N6O11S/c1-24-20-33(46)56-32-21-29(13-14-30(24)32)43-38(50)54-23-26-9-11-28(12-10-26)42-35(47)31(8-5-17-41-37(40)49)44-36(48)34(27-15-18-57(52,53)19-16-27)45-39(51)55-22-25-6-3-2-4-7-25/h2-4,6-7,9-14,20-21,27,31,33-34,46H,5,8,15-19,22-23H2,1H3,(H,42,47)(H,43,50)(H,44,48)(H,45,51)(H3,40,41,49)/t31-,33?,34-/m0/s1. The first-order valence-electron chi connectivity index (χ1n) is 18.3. The number of nitrogens with two attached hydrogens (primary N) is 1. The maximum Gasteiger partial charge on any atom is 0.411 e. The van der Waals surface area contributed by atoms with Gasteiger partial charge in [-0.25, -0.2) is 22.8 Å². The molecule has 0 aromatic heterocycles. The van der Waals surface area contributed by atoms with Gasteiger partial charge in [0.05, 0.1) is 11.5 Å². The van der Waals surface area contributed by atoms with E-state index in [1.165, 1.54) is 0 Å². The van der Waals surface area contributed by atoms with Gasteiger partial charge in [-0.05, 0) is 85.6 Å². The van der Waals surface area contributed by atoms with Gasteiger partial charge in [-0.15, -0.1) is 0 Å². The van der Waals surface area contributed by atoms with Crippen molar-refractivity contribution >= 4 is 56.8 Å². The van der Waals surface area contributed by atoms with Gasteiger partial charge >= 0.3 is 18.2 Å². The number of hydrogen-bond donors (Lipinski definition) is 7. The fourth-order valence-electron chi connectivity index (χ4n) is 6.29. The number of rotatable bonds is 15. The Hall–Kier alpha value is -6.14. The van der Waals surface area contributed by atoms with Crippen molar-refractivity contribution in [2.75, 3.05) is 28.7 Å². The summed E-state index contributed by atoms with van der Waals surface area (Å²) in [6.07, 6.45) is -0.591. The molecule has 304 valence electrons. The Labute approximate surface area is 329 Å². The number of urea groups is 1. The lowest BCUT2D eigenvalue weighted by Gasteiger charge is -2.31. The molecule has 0 spiro atoms. The average molecular weight is 807 g/mol.